The van der Waals surface area contributed by atoms with Crippen molar-refractivity contribution in [3.05, 3.63) is 99.7 Å². The molecule has 2 aromatic carbocycles. The van der Waals surface area contributed by atoms with Gasteiger partial charge in [-0.1, -0.05) is 48.5 Å². The van der Waals surface area contributed by atoms with Gasteiger partial charge in [-0.25, -0.2) is 4.68 Å². The van der Waals surface area contributed by atoms with Crippen molar-refractivity contribution in [2.75, 3.05) is 39.6 Å². The number of hydrogen-bond acceptors (Lipinski definition) is 7. The lowest BCUT2D eigenvalue weighted by Crippen LogP contribution is -2.40. The number of aliphatic hydroxyl groups excluding tert-OH is 1. The summed E-state index contributed by atoms with van der Waals surface area (Å²) in [6.45, 7) is 5.81. The maximum atomic E-state index is 14.0. The molecule has 2 N–H and O–H groups in total. The maximum Gasteiger partial charge on any atom is 0.286 e. The normalized spacial score (nSPS) is 18.4. The number of rotatable bonds is 15. The smallest absolute Gasteiger partial charge is 0.286 e. The van der Waals surface area contributed by atoms with Crippen LogP contribution in [0.4, 0.5) is 0 Å². The molecule has 0 saturated carbocycles. The maximum absolute atomic E-state index is 14.0. The first-order valence-electron chi connectivity index (χ1n) is 14.4. The number of aromatic nitrogens is 2. The summed E-state index contributed by atoms with van der Waals surface area (Å²) in [4.78, 5) is 27.4. The van der Waals surface area contributed by atoms with Gasteiger partial charge in [-0.05, 0) is 44.0 Å². The van der Waals surface area contributed by atoms with E-state index >= 15 is 0 Å². The van der Waals surface area contributed by atoms with E-state index in [1.165, 1.54) is 0 Å². The van der Waals surface area contributed by atoms with E-state index in [-0.39, 0.29) is 36.4 Å². The lowest BCUT2D eigenvalue weighted by Gasteiger charge is -2.36. The Morgan fingerprint density at radius 1 is 1.00 bits per heavy atom. The van der Waals surface area contributed by atoms with E-state index in [4.69, 9.17) is 24.1 Å². The Kier molecular flexibility index (Phi) is 11.5. The van der Waals surface area contributed by atoms with E-state index in [0.717, 1.165) is 16.9 Å². The van der Waals surface area contributed by atoms with Crippen LogP contribution in [0.3, 0.4) is 0 Å². The van der Waals surface area contributed by atoms with Crippen LogP contribution in [0.2, 0.25) is 0 Å². The highest BCUT2D eigenvalue weighted by atomic mass is 16.7. The van der Waals surface area contributed by atoms with Gasteiger partial charge in [-0.2, -0.15) is 0 Å². The van der Waals surface area contributed by atoms with Gasteiger partial charge in [0.2, 0.25) is 6.29 Å². The largest absolute Gasteiger partial charge is 0.459 e. The molecule has 42 heavy (non-hydrogen) atoms. The van der Waals surface area contributed by atoms with E-state index in [9.17, 15) is 9.59 Å². The average Bonchev–Trinajstić information content (AvgIpc) is 3.23. The molecule has 1 amide bonds. The molecule has 3 atom stereocenters. The number of ether oxygens (including phenoxy) is 4. The van der Waals surface area contributed by atoms with Gasteiger partial charge in [0.25, 0.3) is 11.5 Å². The fraction of sp³-hybridized carbons (Fsp3) is 0.438. The summed E-state index contributed by atoms with van der Waals surface area (Å²) in [7, 11) is 1.86. The summed E-state index contributed by atoms with van der Waals surface area (Å²) < 4.78 is 26.8. The quantitative estimate of drug-likeness (QED) is 0.266. The van der Waals surface area contributed by atoms with Crippen molar-refractivity contribution in [2.45, 2.75) is 39.0 Å². The van der Waals surface area contributed by atoms with Crippen LogP contribution in [-0.4, -0.2) is 66.3 Å². The Morgan fingerprint density at radius 3 is 2.33 bits per heavy atom. The van der Waals surface area contributed by atoms with Crippen molar-refractivity contribution in [1.29, 1.82) is 0 Å². The molecule has 0 fully saturated rings. The van der Waals surface area contributed by atoms with Gasteiger partial charge in [0.05, 0.1) is 32.1 Å². The summed E-state index contributed by atoms with van der Waals surface area (Å²) in [6, 6.07) is 19.1. The molecule has 0 spiro atoms. The Morgan fingerprint density at radius 2 is 1.67 bits per heavy atom. The highest BCUT2D eigenvalue weighted by molar-refractivity contribution is 5.91. The molecule has 0 unspecified atom stereocenters. The molecule has 1 aromatic heterocycles. The number of allylic oxidation sites excluding steroid dienone is 1. The van der Waals surface area contributed by atoms with Crippen molar-refractivity contribution in [3.8, 4) is 5.69 Å². The minimum absolute atomic E-state index is 0.0400. The number of carbonyl (C=O) groups excluding carboxylic acids is 1. The Bertz CT molecular complexity index is 1370. The lowest BCUT2D eigenvalue weighted by atomic mass is 9.81. The topological polar surface area (TPSA) is 113 Å². The number of hydrogen-bond donors (Lipinski definition) is 2. The Hall–Kier alpha value is -3.70. The van der Waals surface area contributed by atoms with Crippen LogP contribution >= 0.6 is 0 Å². The molecular weight excluding hydrogens is 538 g/mol. The first-order chi connectivity index (χ1) is 20.5. The summed E-state index contributed by atoms with van der Waals surface area (Å²) in [5.41, 5.74) is 2.92. The summed E-state index contributed by atoms with van der Waals surface area (Å²) >= 11 is 0. The molecule has 0 aliphatic carbocycles. The standard InChI is InChI=1S/C32H41N3O7/c1-4-41-32-26(15-17-39-19-20-40-18-16-36)27(21-28(42-32)30(37)33-22-24-11-7-5-8-12-24)29-23(2)34(3)35(31(29)38)25-13-9-6-10-14-25/h5-14,21,26-27,32,36H,4,15-20,22H2,1-3H3,(H,33,37)/t26-,27+,32-/m0/s1. The van der Waals surface area contributed by atoms with Crippen LogP contribution < -0.4 is 10.9 Å². The number of aliphatic hydroxyl groups is 1. The molecule has 1 aliphatic rings. The van der Waals surface area contributed by atoms with Crippen molar-refractivity contribution >= 4 is 5.91 Å². The van der Waals surface area contributed by atoms with E-state index in [0.29, 0.717) is 45.0 Å². The van der Waals surface area contributed by atoms with E-state index in [1.54, 1.807) is 10.8 Å². The number of para-hydroxylation sites is 1. The second-order valence-electron chi connectivity index (χ2n) is 10.0. The van der Waals surface area contributed by atoms with Crippen molar-refractivity contribution in [1.82, 2.24) is 14.7 Å². The first-order valence-corrected chi connectivity index (χ1v) is 14.4. The molecule has 226 valence electrons. The van der Waals surface area contributed by atoms with E-state index in [1.807, 2.05) is 86.2 Å². The minimum atomic E-state index is -0.763. The zero-order chi connectivity index (χ0) is 29.9. The van der Waals surface area contributed by atoms with Crippen LogP contribution in [0.25, 0.3) is 5.69 Å². The average molecular weight is 580 g/mol. The predicted octanol–water partition coefficient (Wildman–Crippen LogP) is 3.19. The summed E-state index contributed by atoms with van der Waals surface area (Å²) in [6.07, 6.45) is 1.51. The SMILES string of the molecule is CCO[C@H]1OC(C(=O)NCc2ccccc2)=C[C@@H](c2c(C)n(C)n(-c3ccccc3)c2=O)[C@@H]1CCOCCOCCO. The zero-order valence-electron chi connectivity index (χ0n) is 24.5. The van der Waals surface area contributed by atoms with Gasteiger partial charge >= 0.3 is 0 Å². The van der Waals surface area contributed by atoms with Crippen molar-refractivity contribution in [2.24, 2.45) is 13.0 Å². The van der Waals surface area contributed by atoms with Crippen LogP contribution in [-0.2, 0) is 37.3 Å². The summed E-state index contributed by atoms with van der Waals surface area (Å²) in [5.74, 6) is -1.02. The molecule has 2 heterocycles. The second kappa shape index (κ2) is 15.5. The summed E-state index contributed by atoms with van der Waals surface area (Å²) in [5, 5.41) is 11.8. The molecule has 0 radical (unpaired) electrons. The second-order valence-corrected chi connectivity index (χ2v) is 10.0. The zero-order valence-corrected chi connectivity index (χ0v) is 24.5. The van der Waals surface area contributed by atoms with Crippen molar-refractivity contribution in [3.63, 3.8) is 0 Å². The third kappa shape index (κ3) is 7.57. The Labute approximate surface area is 246 Å². The van der Waals surface area contributed by atoms with Crippen LogP contribution in [0.5, 0.6) is 0 Å². The lowest BCUT2D eigenvalue weighted by molar-refractivity contribution is -0.168. The monoisotopic (exact) mass is 579 g/mol. The van der Waals surface area contributed by atoms with Crippen molar-refractivity contribution < 1.29 is 28.8 Å². The third-order valence-corrected chi connectivity index (χ3v) is 7.37. The molecule has 0 saturated heterocycles. The van der Waals surface area contributed by atoms with Gasteiger partial charge in [0, 0.05) is 49.9 Å². The van der Waals surface area contributed by atoms with Gasteiger partial charge in [0.15, 0.2) is 5.76 Å². The van der Waals surface area contributed by atoms with Gasteiger partial charge < -0.3 is 29.4 Å². The molecule has 10 nitrogen and oxygen atoms in total. The van der Waals surface area contributed by atoms with E-state index in [2.05, 4.69) is 5.32 Å². The van der Waals surface area contributed by atoms with Gasteiger partial charge in [0.1, 0.15) is 0 Å². The van der Waals surface area contributed by atoms with Gasteiger partial charge in [-0.3, -0.25) is 14.3 Å². The minimum Gasteiger partial charge on any atom is -0.459 e. The number of carbonyl (C=O) groups is 1. The predicted molar refractivity (Wildman–Crippen MR) is 158 cm³/mol. The highest BCUT2D eigenvalue weighted by Crippen LogP contribution is 2.39. The number of benzene rings is 2. The highest BCUT2D eigenvalue weighted by Gasteiger charge is 2.41. The molecule has 1 aliphatic heterocycles. The van der Waals surface area contributed by atoms with E-state index < -0.39 is 12.2 Å². The van der Waals surface area contributed by atoms with Gasteiger partial charge in [-0.15, -0.1) is 0 Å². The molecule has 3 aromatic rings. The number of amides is 1. The Balaban J connectivity index is 1.66. The molecular formula is C32H41N3O7. The van der Waals surface area contributed by atoms with Crippen LogP contribution in [0, 0.1) is 12.8 Å². The number of nitrogens with zero attached hydrogens (tertiary/aromatic N) is 2. The van der Waals surface area contributed by atoms with Crippen LogP contribution in [0.15, 0.2) is 77.3 Å². The fourth-order valence-electron chi connectivity index (χ4n) is 5.22. The third-order valence-electron chi connectivity index (χ3n) is 7.37. The first kappa shape index (κ1) is 31.2. The molecule has 0 bridgehead atoms. The molecule has 10 heteroatoms. The fourth-order valence-corrected chi connectivity index (χ4v) is 5.22. The number of nitrogens with one attached hydrogen (secondary N) is 1. The molecule has 4 rings (SSSR count). The van der Waals surface area contributed by atoms with Crippen LogP contribution in [0.1, 0.15) is 36.1 Å².